The van der Waals surface area contributed by atoms with Gasteiger partial charge in [0.15, 0.2) is 0 Å². The highest BCUT2D eigenvalue weighted by atomic mass is 19.4. The molecule has 0 bridgehead atoms. The Kier molecular flexibility index (Phi) is 3.30. The monoisotopic (exact) mass is 384 g/mol. The molecular formula is C19H10F6O2. The Balaban J connectivity index is 2.31. The van der Waals surface area contributed by atoms with Crippen LogP contribution in [-0.4, -0.2) is 22.6 Å². The van der Waals surface area contributed by atoms with Crippen molar-refractivity contribution in [2.24, 2.45) is 0 Å². The van der Waals surface area contributed by atoms with E-state index in [0.717, 1.165) is 18.2 Å². The van der Waals surface area contributed by atoms with Crippen molar-refractivity contribution in [1.29, 1.82) is 0 Å². The standard InChI is InChI=1S/C19H10F6O2/c20-18(21,22)17(19(23,24)25)13-4-2-1-3-11(13)16-12-7-9(26)5-6-10(12)15(27)8-14(16)17/h1-8,26-27H. The van der Waals surface area contributed by atoms with E-state index in [4.69, 9.17) is 0 Å². The number of aromatic hydroxyl groups is 2. The summed E-state index contributed by atoms with van der Waals surface area (Å²) in [6.07, 6.45) is -11.4. The van der Waals surface area contributed by atoms with Gasteiger partial charge in [0, 0.05) is 5.39 Å². The Morgan fingerprint density at radius 1 is 0.704 bits per heavy atom. The summed E-state index contributed by atoms with van der Waals surface area (Å²) in [5.41, 5.74) is -6.86. The van der Waals surface area contributed by atoms with Gasteiger partial charge in [-0.25, -0.2) is 0 Å². The van der Waals surface area contributed by atoms with Gasteiger partial charge in [-0.05, 0) is 51.9 Å². The van der Waals surface area contributed by atoms with Crippen molar-refractivity contribution < 1.29 is 36.6 Å². The first kappa shape index (κ1) is 17.5. The zero-order valence-corrected chi connectivity index (χ0v) is 13.3. The summed E-state index contributed by atoms with van der Waals surface area (Å²) in [4.78, 5) is 0. The van der Waals surface area contributed by atoms with Crippen molar-refractivity contribution in [2.45, 2.75) is 17.8 Å². The molecule has 0 aliphatic heterocycles. The van der Waals surface area contributed by atoms with Crippen molar-refractivity contribution in [1.82, 2.24) is 0 Å². The van der Waals surface area contributed by atoms with Crippen LogP contribution < -0.4 is 0 Å². The smallest absolute Gasteiger partial charge is 0.411 e. The zero-order valence-electron chi connectivity index (χ0n) is 13.3. The van der Waals surface area contributed by atoms with Crippen molar-refractivity contribution in [3.8, 4) is 22.6 Å². The quantitative estimate of drug-likeness (QED) is 0.493. The summed E-state index contributed by atoms with van der Waals surface area (Å²) in [7, 11) is 0. The number of fused-ring (bicyclic) bond motifs is 5. The molecule has 4 rings (SSSR count). The van der Waals surface area contributed by atoms with Crippen LogP contribution in [0.1, 0.15) is 11.1 Å². The number of alkyl halides is 6. The molecular weight excluding hydrogens is 374 g/mol. The fourth-order valence-electron chi connectivity index (χ4n) is 3.92. The molecule has 1 aliphatic carbocycles. The van der Waals surface area contributed by atoms with Gasteiger partial charge in [-0.15, -0.1) is 0 Å². The number of halogens is 6. The molecule has 0 aromatic heterocycles. The van der Waals surface area contributed by atoms with Crippen molar-refractivity contribution in [2.75, 3.05) is 0 Å². The number of phenols is 2. The van der Waals surface area contributed by atoms with E-state index in [1.165, 1.54) is 24.3 Å². The number of rotatable bonds is 0. The highest BCUT2D eigenvalue weighted by Crippen LogP contribution is 2.65. The van der Waals surface area contributed by atoms with Gasteiger partial charge in [0.2, 0.25) is 5.41 Å². The van der Waals surface area contributed by atoms with Crippen LogP contribution in [0.5, 0.6) is 11.5 Å². The Bertz CT molecular complexity index is 1070. The van der Waals surface area contributed by atoms with Gasteiger partial charge in [-0.3, -0.25) is 0 Å². The molecule has 0 unspecified atom stereocenters. The van der Waals surface area contributed by atoms with Gasteiger partial charge in [0.25, 0.3) is 0 Å². The topological polar surface area (TPSA) is 40.5 Å². The Morgan fingerprint density at radius 3 is 1.96 bits per heavy atom. The van der Waals surface area contributed by atoms with Crippen LogP contribution in [0.4, 0.5) is 26.3 Å². The van der Waals surface area contributed by atoms with Crippen LogP contribution in [-0.2, 0) is 5.41 Å². The lowest BCUT2D eigenvalue weighted by atomic mass is 9.76. The van der Waals surface area contributed by atoms with E-state index in [0.29, 0.717) is 6.07 Å². The van der Waals surface area contributed by atoms with E-state index >= 15 is 0 Å². The van der Waals surface area contributed by atoms with E-state index in [2.05, 4.69) is 0 Å². The first-order valence-electron chi connectivity index (χ1n) is 7.72. The van der Waals surface area contributed by atoms with Crippen LogP contribution in [0, 0.1) is 0 Å². The maximum Gasteiger partial charge on any atom is 0.411 e. The van der Waals surface area contributed by atoms with Gasteiger partial charge < -0.3 is 10.2 Å². The second kappa shape index (κ2) is 5.09. The fourth-order valence-corrected chi connectivity index (χ4v) is 3.92. The number of hydrogen-bond donors (Lipinski definition) is 2. The minimum atomic E-state index is -5.70. The third-order valence-corrected chi connectivity index (χ3v) is 4.95. The van der Waals surface area contributed by atoms with Gasteiger partial charge in [0.05, 0.1) is 0 Å². The molecule has 2 N–H and O–H groups in total. The van der Waals surface area contributed by atoms with Crippen LogP contribution in [0.2, 0.25) is 0 Å². The summed E-state index contributed by atoms with van der Waals surface area (Å²) in [5, 5.41) is 19.8. The van der Waals surface area contributed by atoms with Gasteiger partial charge in [0.1, 0.15) is 11.5 Å². The van der Waals surface area contributed by atoms with Crippen molar-refractivity contribution >= 4 is 10.8 Å². The lowest BCUT2D eigenvalue weighted by Gasteiger charge is -2.35. The summed E-state index contributed by atoms with van der Waals surface area (Å²) in [5.74, 6) is -1.07. The summed E-state index contributed by atoms with van der Waals surface area (Å²) in [6, 6.07) is 8.42. The minimum absolute atomic E-state index is 0.0431. The normalized spacial score (nSPS) is 15.6. The van der Waals surface area contributed by atoms with Crippen LogP contribution in [0.25, 0.3) is 21.9 Å². The Labute approximate surface area is 148 Å². The van der Waals surface area contributed by atoms with Gasteiger partial charge >= 0.3 is 12.4 Å². The van der Waals surface area contributed by atoms with Gasteiger partial charge in [-0.2, -0.15) is 26.3 Å². The van der Waals surface area contributed by atoms with Gasteiger partial charge in [-0.1, -0.05) is 24.3 Å². The second-order valence-corrected chi connectivity index (χ2v) is 6.34. The molecule has 27 heavy (non-hydrogen) atoms. The highest BCUT2D eigenvalue weighted by Gasteiger charge is 2.75. The van der Waals surface area contributed by atoms with E-state index in [1.807, 2.05) is 0 Å². The van der Waals surface area contributed by atoms with Crippen LogP contribution in [0.15, 0.2) is 48.5 Å². The average molecular weight is 384 g/mol. The minimum Gasteiger partial charge on any atom is -0.508 e. The lowest BCUT2D eigenvalue weighted by Crippen LogP contribution is -2.53. The highest BCUT2D eigenvalue weighted by molar-refractivity contribution is 6.06. The van der Waals surface area contributed by atoms with Crippen LogP contribution in [0.3, 0.4) is 0 Å². The largest absolute Gasteiger partial charge is 0.508 e. The Morgan fingerprint density at radius 2 is 1.33 bits per heavy atom. The molecule has 1 aliphatic rings. The van der Waals surface area contributed by atoms with E-state index in [1.54, 1.807) is 0 Å². The summed E-state index contributed by atoms with van der Waals surface area (Å²) in [6.45, 7) is 0. The van der Waals surface area contributed by atoms with Crippen LogP contribution >= 0.6 is 0 Å². The molecule has 0 saturated carbocycles. The first-order valence-corrected chi connectivity index (χ1v) is 7.72. The predicted octanol–water partition coefficient (Wildman–Crippen LogP) is 5.64. The Hall–Kier alpha value is -2.90. The molecule has 140 valence electrons. The summed E-state index contributed by atoms with van der Waals surface area (Å²) < 4.78 is 84.2. The first-order chi connectivity index (χ1) is 12.5. The lowest BCUT2D eigenvalue weighted by molar-refractivity contribution is -0.287. The second-order valence-electron chi connectivity index (χ2n) is 6.34. The fraction of sp³-hybridized carbons (Fsp3) is 0.158. The maximum absolute atomic E-state index is 14.0. The van der Waals surface area contributed by atoms with E-state index < -0.39 is 34.6 Å². The molecule has 0 amide bonds. The molecule has 0 atom stereocenters. The zero-order chi connectivity index (χ0) is 19.8. The molecule has 0 radical (unpaired) electrons. The molecule has 0 fully saturated rings. The van der Waals surface area contributed by atoms with Crippen molar-refractivity contribution in [3.05, 3.63) is 59.7 Å². The number of benzene rings is 3. The molecule has 0 saturated heterocycles. The molecule has 0 spiro atoms. The SMILES string of the molecule is Oc1ccc2c(O)cc3c(c2c1)-c1ccccc1C3(C(F)(F)F)C(F)(F)F. The maximum atomic E-state index is 14.0. The van der Waals surface area contributed by atoms with E-state index in [9.17, 15) is 36.6 Å². The average Bonchev–Trinajstić information content (AvgIpc) is 2.85. The molecule has 8 heteroatoms. The predicted molar refractivity (Wildman–Crippen MR) is 85.6 cm³/mol. The number of phenolic OH excluding ortho intramolecular Hbond substituents is 2. The number of hydrogen-bond acceptors (Lipinski definition) is 2. The van der Waals surface area contributed by atoms with Crippen molar-refractivity contribution in [3.63, 3.8) is 0 Å². The van der Waals surface area contributed by atoms with E-state index in [-0.39, 0.29) is 27.6 Å². The summed E-state index contributed by atoms with van der Waals surface area (Å²) >= 11 is 0. The third kappa shape index (κ3) is 2.03. The molecule has 3 aromatic carbocycles. The molecule has 2 nitrogen and oxygen atoms in total. The molecule has 3 aromatic rings. The third-order valence-electron chi connectivity index (χ3n) is 4.95. The molecule has 0 heterocycles.